The molecule has 0 saturated carbocycles. The van der Waals surface area contributed by atoms with Gasteiger partial charge in [0.1, 0.15) is 17.9 Å². The van der Waals surface area contributed by atoms with Crippen molar-refractivity contribution in [1.29, 1.82) is 0 Å². The van der Waals surface area contributed by atoms with Crippen LogP contribution < -0.4 is 10.1 Å². The number of aromatic nitrogens is 7. The lowest BCUT2D eigenvalue weighted by Crippen LogP contribution is -2.19. The van der Waals surface area contributed by atoms with Crippen LogP contribution in [0.2, 0.25) is 0 Å². The second-order valence-electron chi connectivity index (χ2n) is 7.42. The molecule has 5 heterocycles. The van der Waals surface area contributed by atoms with Crippen molar-refractivity contribution in [2.45, 2.75) is 33.5 Å². The Hall–Kier alpha value is -3.43. The smallest absolute Gasteiger partial charge is 0.257 e. The summed E-state index contributed by atoms with van der Waals surface area (Å²) in [4.78, 5) is 9.05. The number of hydrogen-bond acceptors (Lipinski definition) is 6. The van der Waals surface area contributed by atoms with E-state index in [4.69, 9.17) is 4.74 Å². The Morgan fingerprint density at radius 1 is 1.17 bits per heavy atom. The van der Waals surface area contributed by atoms with Crippen molar-refractivity contribution in [3.63, 3.8) is 0 Å². The van der Waals surface area contributed by atoms with Crippen molar-refractivity contribution < 1.29 is 9.13 Å². The molecule has 0 saturated heterocycles. The summed E-state index contributed by atoms with van der Waals surface area (Å²) in [5.74, 6) is 1.38. The quantitative estimate of drug-likeness (QED) is 0.532. The zero-order valence-corrected chi connectivity index (χ0v) is 16.6. The van der Waals surface area contributed by atoms with Gasteiger partial charge in [-0.05, 0) is 26.3 Å². The third kappa shape index (κ3) is 2.82. The molecule has 29 heavy (non-hydrogen) atoms. The van der Waals surface area contributed by atoms with Crippen LogP contribution in [-0.2, 0) is 13.6 Å². The number of hydrogen-bond donors (Lipinski definition) is 1. The van der Waals surface area contributed by atoms with Crippen molar-refractivity contribution in [3.05, 3.63) is 35.4 Å². The predicted octanol–water partition coefficient (Wildman–Crippen LogP) is 2.75. The fraction of sp³-hybridized carbons (Fsp3) is 0.368. The van der Waals surface area contributed by atoms with Crippen LogP contribution in [0.5, 0.6) is 5.88 Å². The third-order valence-electron chi connectivity index (χ3n) is 5.12. The molecule has 2 bridgehead atoms. The van der Waals surface area contributed by atoms with Crippen LogP contribution >= 0.6 is 0 Å². The minimum absolute atomic E-state index is 0.117. The van der Waals surface area contributed by atoms with Crippen molar-refractivity contribution in [2.24, 2.45) is 7.05 Å². The summed E-state index contributed by atoms with van der Waals surface area (Å²) in [6.45, 7) is 5.85. The van der Waals surface area contributed by atoms with Crippen LogP contribution in [0.3, 0.4) is 0 Å². The lowest BCUT2D eigenvalue weighted by atomic mass is 10.3. The van der Waals surface area contributed by atoms with Crippen molar-refractivity contribution >= 4 is 22.7 Å². The molecule has 0 spiro atoms. The molecule has 1 aliphatic rings. The number of fused-ring (bicyclic) bond motifs is 2. The number of nitrogens with zero attached hydrogens (tertiary/aromatic N) is 7. The van der Waals surface area contributed by atoms with Gasteiger partial charge in [-0.3, -0.25) is 4.68 Å². The van der Waals surface area contributed by atoms with Crippen molar-refractivity contribution in [1.82, 2.24) is 34.1 Å². The highest BCUT2D eigenvalue weighted by Crippen LogP contribution is 2.33. The highest BCUT2D eigenvalue weighted by Gasteiger charge is 2.24. The molecule has 150 valence electrons. The van der Waals surface area contributed by atoms with Gasteiger partial charge in [0.15, 0.2) is 12.0 Å². The fourth-order valence-electron chi connectivity index (χ4n) is 3.71. The van der Waals surface area contributed by atoms with Gasteiger partial charge in [0.05, 0.1) is 12.2 Å². The topological polar surface area (TPSA) is 87.6 Å². The van der Waals surface area contributed by atoms with Crippen LogP contribution in [-0.4, -0.2) is 46.9 Å². The monoisotopic (exact) mass is 396 g/mol. The van der Waals surface area contributed by atoms with E-state index in [9.17, 15) is 4.39 Å². The molecule has 0 unspecified atom stereocenters. The first-order chi connectivity index (χ1) is 13.9. The standard InChI is InChI=1S/C19H21FN8O/c1-10-7-27-8-13(20)9-29-18-15(22-19-21-5-14(10)17(27)23-19)12(3)28(25-18)16-11(2)6-26(4)24-16/h5-7,13H,8-9H2,1-4H3,(H,21,22,23)/t13-/m0/s1. The molecular weight excluding hydrogens is 375 g/mol. The molecule has 0 fully saturated rings. The maximum absolute atomic E-state index is 14.7. The lowest BCUT2D eigenvalue weighted by Gasteiger charge is -2.10. The molecule has 4 aromatic heterocycles. The van der Waals surface area contributed by atoms with Crippen LogP contribution in [0.4, 0.5) is 16.0 Å². The molecular formula is C19H21FN8O. The largest absolute Gasteiger partial charge is 0.472 e. The fourth-order valence-corrected chi connectivity index (χ4v) is 3.71. The van der Waals surface area contributed by atoms with Gasteiger partial charge in [-0.2, -0.15) is 10.1 Å². The predicted molar refractivity (Wildman–Crippen MR) is 106 cm³/mol. The second-order valence-corrected chi connectivity index (χ2v) is 7.42. The zero-order valence-electron chi connectivity index (χ0n) is 16.6. The lowest BCUT2D eigenvalue weighted by molar-refractivity contribution is 0.175. The number of anilines is 2. The first-order valence-corrected chi connectivity index (χ1v) is 9.37. The van der Waals surface area contributed by atoms with E-state index >= 15 is 0 Å². The van der Waals surface area contributed by atoms with Crippen LogP contribution in [0.1, 0.15) is 16.8 Å². The van der Waals surface area contributed by atoms with E-state index in [0.717, 1.165) is 22.2 Å². The molecule has 0 aliphatic carbocycles. The summed E-state index contributed by atoms with van der Waals surface area (Å²) in [6.07, 6.45) is 4.34. The van der Waals surface area contributed by atoms with E-state index in [1.807, 2.05) is 40.2 Å². The van der Waals surface area contributed by atoms with Gasteiger partial charge >= 0.3 is 0 Å². The Labute approximate surface area is 166 Å². The summed E-state index contributed by atoms with van der Waals surface area (Å²) in [6, 6.07) is 0. The summed E-state index contributed by atoms with van der Waals surface area (Å²) >= 11 is 0. The average molecular weight is 396 g/mol. The minimum atomic E-state index is -1.21. The summed E-state index contributed by atoms with van der Waals surface area (Å²) in [7, 11) is 1.85. The first-order valence-electron chi connectivity index (χ1n) is 9.37. The maximum atomic E-state index is 14.7. The number of aryl methyl sites for hydroxylation is 3. The highest BCUT2D eigenvalue weighted by molar-refractivity contribution is 5.81. The van der Waals surface area contributed by atoms with E-state index in [2.05, 4.69) is 25.5 Å². The van der Waals surface area contributed by atoms with E-state index in [0.29, 0.717) is 29.0 Å². The highest BCUT2D eigenvalue weighted by atomic mass is 19.1. The maximum Gasteiger partial charge on any atom is 0.257 e. The SMILES string of the molecule is Cc1cn(C)nc1-n1nc2c(c1C)Nc1ncc3c(C)cn(c3n1)C[C@H](F)CO2. The van der Waals surface area contributed by atoms with Gasteiger partial charge in [-0.15, -0.1) is 5.10 Å². The molecule has 0 aromatic carbocycles. The van der Waals surface area contributed by atoms with Gasteiger partial charge in [0.25, 0.3) is 5.88 Å². The number of halogens is 1. The molecule has 10 heteroatoms. The Morgan fingerprint density at radius 3 is 2.76 bits per heavy atom. The number of nitrogens with one attached hydrogen (secondary N) is 1. The van der Waals surface area contributed by atoms with Gasteiger partial charge in [-0.25, -0.2) is 14.1 Å². The van der Waals surface area contributed by atoms with Crippen molar-refractivity contribution in [2.75, 3.05) is 11.9 Å². The molecule has 1 aliphatic heterocycles. The summed E-state index contributed by atoms with van der Waals surface area (Å²) in [5, 5.41) is 13.1. The molecule has 5 rings (SSSR count). The molecule has 9 nitrogen and oxygen atoms in total. The van der Waals surface area contributed by atoms with E-state index < -0.39 is 6.17 Å². The Kier molecular flexibility index (Phi) is 3.83. The van der Waals surface area contributed by atoms with Gasteiger partial charge in [0.2, 0.25) is 5.95 Å². The van der Waals surface area contributed by atoms with E-state index in [1.165, 1.54) is 0 Å². The van der Waals surface area contributed by atoms with E-state index in [1.54, 1.807) is 20.1 Å². The third-order valence-corrected chi connectivity index (χ3v) is 5.12. The molecule has 0 amide bonds. The molecule has 1 N–H and O–H groups in total. The van der Waals surface area contributed by atoms with Crippen LogP contribution in [0.15, 0.2) is 18.6 Å². The van der Waals surface area contributed by atoms with Gasteiger partial charge < -0.3 is 14.6 Å². The molecule has 1 atom stereocenters. The second kappa shape index (κ2) is 6.29. The van der Waals surface area contributed by atoms with E-state index in [-0.39, 0.29) is 13.2 Å². The van der Waals surface area contributed by atoms with Crippen LogP contribution in [0.25, 0.3) is 16.9 Å². The zero-order chi connectivity index (χ0) is 20.3. The normalized spacial score (nSPS) is 16.4. The minimum Gasteiger partial charge on any atom is -0.472 e. The Balaban J connectivity index is 1.66. The van der Waals surface area contributed by atoms with Crippen LogP contribution in [0, 0.1) is 20.8 Å². The Bertz CT molecular complexity index is 1240. The number of rotatable bonds is 1. The average Bonchev–Trinajstić information content (AvgIpc) is 3.27. The number of alkyl halides is 1. The molecule has 0 radical (unpaired) electrons. The summed E-state index contributed by atoms with van der Waals surface area (Å²) in [5.41, 5.74) is 4.03. The Morgan fingerprint density at radius 2 is 2.00 bits per heavy atom. The number of ether oxygens (including phenoxy) is 1. The van der Waals surface area contributed by atoms with Gasteiger partial charge in [-0.1, -0.05) is 0 Å². The first kappa shape index (κ1) is 17.7. The molecule has 4 aromatic rings. The van der Waals surface area contributed by atoms with Crippen molar-refractivity contribution in [3.8, 4) is 11.7 Å². The summed E-state index contributed by atoms with van der Waals surface area (Å²) < 4.78 is 25.7. The van der Waals surface area contributed by atoms with Gasteiger partial charge in [0, 0.05) is 36.6 Å².